The standard InChI is InChI=1S/C19H27N3O5/c1-12-15(21-22-20)18(23-4)25-16(12)17-14(26-19(2,3)27-17)11-24-10-13-8-6-5-7-9-13/h5-9,12,14-18H,10-11H2,1-4H3/t12-,14-,15-,16-,17+,18-/m0/s1. The molecule has 6 atom stereocenters. The molecular formula is C19H27N3O5. The molecule has 8 nitrogen and oxygen atoms in total. The van der Waals surface area contributed by atoms with Crippen molar-refractivity contribution in [2.24, 2.45) is 11.0 Å². The van der Waals surface area contributed by atoms with E-state index in [2.05, 4.69) is 10.0 Å². The van der Waals surface area contributed by atoms with Crippen molar-refractivity contribution in [1.29, 1.82) is 0 Å². The third kappa shape index (κ3) is 4.60. The van der Waals surface area contributed by atoms with Crippen molar-refractivity contribution >= 4 is 0 Å². The van der Waals surface area contributed by atoms with Gasteiger partial charge in [0, 0.05) is 12.0 Å². The Balaban J connectivity index is 1.67. The summed E-state index contributed by atoms with van der Waals surface area (Å²) in [5, 5.41) is 3.84. The number of benzene rings is 1. The van der Waals surface area contributed by atoms with Crippen molar-refractivity contribution in [3.05, 3.63) is 46.3 Å². The fourth-order valence-corrected chi connectivity index (χ4v) is 3.73. The van der Waals surface area contributed by atoms with E-state index in [9.17, 15) is 0 Å². The Kier molecular flexibility index (Phi) is 6.37. The first-order valence-corrected chi connectivity index (χ1v) is 9.15. The Morgan fingerprint density at radius 3 is 2.59 bits per heavy atom. The fraction of sp³-hybridized carbons (Fsp3) is 0.684. The average Bonchev–Trinajstić information content (AvgIpc) is 3.12. The van der Waals surface area contributed by atoms with Gasteiger partial charge in [0.25, 0.3) is 0 Å². The molecule has 0 unspecified atom stereocenters. The summed E-state index contributed by atoms with van der Waals surface area (Å²) in [5.74, 6) is -0.821. The summed E-state index contributed by atoms with van der Waals surface area (Å²) in [4.78, 5) is 2.93. The molecule has 27 heavy (non-hydrogen) atoms. The number of nitrogens with zero attached hydrogens (tertiary/aromatic N) is 3. The Labute approximate surface area is 159 Å². The van der Waals surface area contributed by atoms with Crippen LogP contribution < -0.4 is 0 Å². The summed E-state index contributed by atoms with van der Waals surface area (Å²) >= 11 is 0. The molecule has 1 aromatic rings. The van der Waals surface area contributed by atoms with Crippen molar-refractivity contribution in [2.45, 2.75) is 63.8 Å². The van der Waals surface area contributed by atoms with Crippen molar-refractivity contribution in [3.8, 4) is 0 Å². The molecule has 8 heteroatoms. The van der Waals surface area contributed by atoms with E-state index in [1.165, 1.54) is 7.11 Å². The lowest BCUT2D eigenvalue weighted by Gasteiger charge is -2.26. The second-order valence-corrected chi connectivity index (χ2v) is 7.40. The lowest BCUT2D eigenvalue weighted by Crippen LogP contribution is -2.41. The predicted octanol–water partition coefficient (Wildman–Crippen LogP) is 3.41. The molecule has 1 aromatic carbocycles. The van der Waals surface area contributed by atoms with E-state index >= 15 is 0 Å². The lowest BCUT2D eigenvalue weighted by molar-refractivity contribution is -0.178. The van der Waals surface area contributed by atoms with Gasteiger partial charge < -0.3 is 23.7 Å². The molecule has 0 spiro atoms. The van der Waals surface area contributed by atoms with Gasteiger partial charge in [-0.15, -0.1) is 0 Å². The Morgan fingerprint density at radius 1 is 1.19 bits per heavy atom. The van der Waals surface area contributed by atoms with Crippen LogP contribution in [0.3, 0.4) is 0 Å². The van der Waals surface area contributed by atoms with Crippen LogP contribution in [0.15, 0.2) is 35.4 Å². The average molecular weight is 377 g/mol. The van der Waals surface area contributed by atoms with E-state index in [1.807, 2.05) is 51.1 Å². The molecule has 2 aliphatic rings. The minimum atomic E-state index is -0.742. The van der Waals surface area contributed by atoms with E-state index in [1.54, 1.807) is 0 Å². The number of methoxy groups -OCH3 is 1. The van der Waals surface area contributed by atoms with Gasteiger partial charge in [0.15, 0.2) is 12.1 Å². The molecule has 0 aromatic heterocycles. The van der Waals surface area contributed by atoms with Gasteiger partial charge in [-0.3, -0.25) is 0 Å². The molecule has 2 fully saturated rings. The molecule has 3 rings (SSSR count). The number of hydrogen-bond acceptors (Lipinski definition) is 6. The van der Waals surface area contributed by atoms with Crippen LogP contribution in [0.1, 0.15) is 26.3 Å². The van der Waals surface area contributed by atoms with Gasteiger partial charge in [-0.05, 0) is 30.9 Å². The van der Waals surface area contributed by atoms with Crippen molar-refractivity contribution < 1.29 is 23.7 Å². The molecule has 0 aliphatic carbocycles. The van der Waals surface area contributed by atoms with Crippen LogP contribution in [0, 0.1) is 5.92 Å². The van der Waals surface area contributed by atoms with E-state index in [0.717, 1.165) is 5.56 Å². The maximum Gasteiger partial charge on any atom is 0.166 e. The van der Waals surface area contributed by atoms with Crippen LogP contribution in [0.4, 0.5) is 0 Å². The monoisotopic (exact) mass is 377 g/mol. The van der Waals surface area contributed by atoms with Crippen molar-refractivity contribution in [1.82, 2.24) is 0 Å². The largest absolute Gasteiger partial charge is 0.374 e. The lowest BCUT2D eigenvalue weighted by atomic mass is 9.93. The highest BCUT2D eigenvalue weighted by Gasteiger charge is 2.53. The molecule has 2 aliphatic heterocycles. The molecule has 2 heterocycles. The SMILES string of the molecule is CO[C@H]1O[C@H]([C@@H]2OC(C)(C)O[C@H]2COCc2ccccc2)[C@@H](C)[C@@H]1N=[N+]=[N-]. The van der Waals surface area contributed by atoms with E-state index in [4.69, 9.17) is 29.2 Å². The first-order valence-electron chi connectivity index (χ1n) is 9.15. The van der Waals surface area contributed by atoms with Crippen LogP contribution in [-0.2, 0) is 30.3 Å². The zero-order valence-electron chi connectivity index (χ0n) is 16.1. The second kappa shape index (κ2) is 8.56. The highest BCUT2D eigenvalue weighted by Crippen LogP contribution is 2.39. The van der Waals surface area contributed by atoms with Gasteiger partial charge in [0.05, 0.1) is 25.4 Å². The molecule has 0 N–H and O–H groups in total. The van der Waals surface area contributed by atoms with Crippen LogP contribution in [-0.4, -0.2) is 50.1 Å². The topological polar surface area (TPSA) is 94.9 Å². The molecule has 2 saturated heterocycles. The summed E-state index contributed by atoms with van der Waals surface area (Å²) in [7, 11) is 1.54. The second-order valence-electron chi connectivity index (χ2n) is 7.40. The molecule has 0 saturated carbocycles. The molecule has 148 valence electrons. The zero-order valence-corrected chi connectivity index (χ0v) is 16.1. The smallest absolute Gasteiger partial charge is 0.166 e. The maximum absolute atomic E-state index is 8.84. The third-order valence-electron chi connectivity index (χ3n) is 4.98. The number of ether oxygens (including phenoxy) is 5. The molecule has 0 bridgehead atoms. The van der Waals surface area contributed by atoms with Crippen LogP contribution in [0.5, 0.6) is 0 Å². The van der Waals surface area contributed by atoms with E-state index in [0.29, 0.717) is 13.2 Å². The third-order valence-corrected chi connectivity index (χ3v) is 4.98. The van der Waals surface area contributed by atoms with Crippen molar-refractivity contribution in [3.63, 3.8) is 0 Å². The zero-order chi connectivity index (χ0) is 19.4. The van der Waals surface area contributed by atoms with Crippen LogP contribution in [0.25, 0.3) is 10.4 Å². The van der Waals surface area contributed by atoms with Gasteiger partial charge in [-0.2, -0.15) is 0 Å². The van der Waals surface area contributed by atoms with Crippen LogP contribution >= 0.6 is 0 Å². The maximum atomic E-state index is 8.84. The summed E-state index contributed by atoms with van der Waals surface area (Å²) in [6.07, 6.45) is -1.56. The number of hydrogen-bond donors (Lipinski definition) is 0. The van der Waals surface area contributed by atoms with Gasteiger partial charge in [-0.25, -0.2) is 0 Å². The highest BCUT2D eigenvalue weighted by atomic mass is 16.8. The minimum absolute atomic E-state index is 0.0787. The van der Waals surface area contributed by atoms with E-state index < -0.39 is 18.1 Å². The Bertz CT molecular complexity index is 665. The highest BCUT2D eigenvalue weighted by molar-refractivity contribution is 5.13. The summed E-state index contributed by atoms with van der Waals surface area (Å²) in [5.41, 5.74) is 9.94. The molecule has 0 radical (unpaired) electrons. The first kappa shape index (κ1) is 20.1. The fourth-order valence-electron chi connectivity index (χ4n) is 3.73. The number of azide groups is 1. The molecule has 0 amide bonds. The van der Waals surface area contributed by atoms with Gasteiger partial charge >= 0.3 is 0 Å². The van der Waals surface area contributed by atoms with Crippen LogP contribution in [0.2, 0.25) is 0 Å². The normalized spacial score (nSPS) is 35.1. The summed E-state index contributed by atoms with van der Waals surface area (Å²) < 4.78 is 29.4. The summed E-state index contributed by atoms with van der Waals surface area (Å²) in [6.45, 7) is 6.58. The predicted molar refractivity (Wildman–Crippen MR) is 97.7 cm³/mol. The molecular weight excluding hydrogens is 350 g/mol. The van der Waals surface area contributed by atoms with Gasteiger partial charge in [0.2, 0.25) is 0 Å². The Morgan fingerprint density at radius 2 is 1.93 bits per heavy atom. The quantitative estimate of drug-likeness (QED) is 0.412. The number of rotatable bonds is 7. The van der Waals surface area contributed by atoms with E-state index in [-0.39, 0.29) is 24.2 Å². The Hall–Kier alpha value is -1.67. The van der Waals surface area contributed by atoms with Gasteiger partial charge in [-0.1, -0.05) is 42.4 Å². The van der Waals surface area contributed by atoms with Crippen molar-refractivity contribution in [2.75, 3.05) is 13.7 Å². The first-order chi connectivity index (χ1) is 12.9. The summed E-state index contributed by atoms with van der Waals surface area (Å²) in [6, 6.07) is 9.56. The van der Waals surface area contributed by atoms with Gasteiger partial charge in [0.1, 0.15) is 12.2 Å². The minimum Gasteiger partial charge on any atom is -0.374 e.